The van der Waals surface area contributed by atoms with Gasteiger partial charge in [0.05, 0.1) is 22.1 Å². The second kappa shape index (κ2) is 6.61. The van der Waals surface area contributed by atoms with Crippen LogP contribution in [0.5, 0.6) is 0 Å². The Labute approximate surface area is 140 Å². The second-order valence-electron chi connectivity index (χ2n) is 3.68. The molecule has 0 N–H and O–H groups in total. The molecule has 2 aromatic rings. The summed E-state index contributed by atoms with van der Waals surface area (Å²) >= 11 is 13.2. The number of aromatic nitrogens is 2. The van der Waals surface area contributed by atoms with Crippen molar-refractivity contribution < 1.29 is 22.7 Å². The predicted octanol–water partition coefficient (Wildman–Crippen LogP) is 4.80. The molecule has 2 heterocycles. The highest BCUT2D eigenvalue weighted by Gasteiger charge is 2.40. The summed E-state index contributed by atoms with van der Waals surface area (Å²) in [4.78, 5) is 18.3. The lowest BCUT2D eigenvalue weighted by Gasteiger charge is -2.04. The zero-order valence-corrected chi connectivity index (χ0v) is 13.7. The Morgan fingerprint density at radius 2 is 1.91 bits per heavy atom. The van der Waals surface area contributed by atoms with Gasteiger partial charge in [-0.3, -0.25) is 4.98 Å². The van der Waals surface area contributed by atoms with Crippen molar-refractivity contribution in [2.75, 3.05) is 7.11 Å². The summed E-state index contributed by atoms with van der Waals surface area (Å²) < 4.78 is 43.1. The third-order valence-corrected chi connectivity index (χ3v) is 5.28. The Kier molecular flexibility index (Phi) is 5.21. The first-order valence-corrected chi connectivity index (χ1v) is 7.76. The number of nitrogens with zero attached hydrogens (tertiary/aromatic N) is 2. The molecule has 118 valence electrons. The molecule has 2 rings (SSSR count). The minimum Gasteiger partial charge on any atom is -0.465 e. The van der Waals surface area contributed by atoms with Crippen LogP contribution in [0.1, 0.15) is 15.4 Å². The first-order chi connectivity index (χ1) is 10.2. The van der Waals surface area contributed by atoms with E-state index in [0.29, 0.717) is 16.2 Å². The van der Waals surface area contributed by atoms with Gasteiger partial charge in [0.1, 0.15) is 4.88 Å². The fourth-order valence-electron chi connectivity index (χ4n) is 1.35. The lowest BCUT2D eigenvalue weighted by molar-refractivity contribution is -0.141. The molecule has 0 radical (unpaired) electrons. The van der Waals surface area contributed by atoms with E-state index in [4.69, 9.17) is 23.2 Å². The van der Waals surface area contributed by atoms with E-state index in [-0.39, 0.29) is 14.4 Å². The van der Waals surface area contributed by atoms with Crippen molar-refractivity contribution >= 4 is 52.3 Å². The normalized spacial score (nSPS) is 11.5. The van der Waals surface area contributed by atoms with E-state index < -0.39 is 22.7 Å². The van der Waals surface area contributed by atoms with E-state index in [1.54, 1.807) is 0 Å². The maximum absolute atomic E-state index is 12.9. The van der Waals surface area contributed by atoms with Crippen LogP contribution >= 0.6 is 46.3 Å². The highest BCUT2D eigenvalue weighted by atomic mass is 35.5. The van der Waals surface area contributed by atoms with Gasteiger partial charge in [-0.25, -0.2) is 9.78 Å². The maximum Gasteiger partial charge on any atom is 0.435 e. The van der Waals surface area contributed by atoms with Gasteiger partial charge in [-0.2, -0.15) is 13.2 Å². The number of esters is 1. The van der Waals surface area contributed by atoms with Crippen LogP contribution in [0, 0.1) is 0 Å². The molecule has 0 saturated carbocycles. The number of alkyl halides is 3. The zero-order chi connectivity index (χ0) is 16.5. The van der Waals surface area contributed by atoms with Crippen molar-refractivity contribution in [1.29, 1.82) is 0 Å². The van der Waals surface area contributed by atoms with E-state index in [0.717, 1.165) is 18.9 Å². The molecule has 0 amide bonds. The molecule has 2 aromatic heterocycles. The topological polar surface area (TPSA) is 52.1 Å². The van der Waals surface area contributed by atoms with E-state index in [9.17, 15) is 18.0 Å². The van der Waals surface area contributed by atoms with Gasteiger partial charge in [0.25, 0.3) is 0 Å². The van der Waals surface area contributed by atoms with Gasteiger partial charge in [0.2, 0.25) is 0 Å². The second-order valence-corrected chi connectivity index (χ2v) is 6.75. The molecule has 0 spiro atoms. The molecule has 0 atom stereocenters. The SMILES string of the molecule is COC(=O)c1sc(Sc2c(Cl)cncc2Cl)nc1C(F)(F)F. The largest absolute Gasteiger partial charge is 0.465 e. The first-order valence-electron chi connectivity index (χ1n) is 5.37. The quantitative estimate of drug-likeness (QED) is 0.706. The fraction of sp³-hybridized carbons (Fsp3) is 0.182. The van der Waals surface area contributed by atoms with E-state index in [2.05, 4.69) is 14.7 Å². The number of hydrogen-bond acceptors (Lipinski definition) is 6. The van der Waals surface area contributed by atoms with Crippen LogP contribution in [0.25, 0.3) is 0 Å². The average molecular weight is 389 g/mol. The molecular formula is C11H5Cl2F3N2O2S2. The van der Waals surface area contributed by atoms with Gasteiger partial charge in [0.15, 0.2) is 10.0 Å². The minimum atomic E-state index is -4.77. The lowest BCUT2D eigenvalue weighted by atomic mass is 10.3. The molecule has 0 aliphatic rings. The Morgan fingerprint density at radius 1 is 1.32 bits per heavy atom. The van der Waals surface area contributed by atoms with Gasteiger partial charge in [-0.15, -0.1) is 0 Å². The summed E-state index contributed by atoms with van der Waals surface area (Å²) in [7, 11) is 0.992. The Morgan fingerprint density at radius 3 is 2.41 bits per heavy atom. The Balaban J connectivity index is 2.45. The molecule has 22 heavy (non-hydrogen) atoms. The van der Waals surface area contributed by atoms with Gasteiger partial charge in [-0.05, 0) is 0 Å². The number of pyridine rings is 1. The summed E-state index contributed by atoms with van der Waals surface area (Å²) in [5, 5.41) is 0.335. The van der Waals surface area contributed by atoms with Crippen molar-refractivity contribution in [3.8, 4) is 0 Å². The van der Waals surface area contributed by atoms with Gasteiger partial charge < -0.3 is 4.74 Å². The molecule has 0 bridgehead atoms. The Bertz CT molecular complexity index is 702. The summed E-state index contributed by atoms with van der Waals surface area (Å²) in [6.45, 7) is 0. The van der Waals surface area contributed by atoms with E-state index in [1.165, 1.54) is 12.4 Å². The summed E-state index contributed by atoms with van der Waals surface area (Å²) in [6.07, 6.45) is -2.17. The van der Waals surface area contributed by atoms with Crippen molar-refractivity contribution in [3.05, 3.63) is 33.0 Å². The third-order valence-electron chi connectivity index (χ3n) is 2.25. The number of rotatable bonds is 3. The van der Waals surface area contributed by atoms with E-state index >= 15 is 0 Å². The van der Waals surface area contributed by atoms with Crippen LogP contribution in [-0.4, -0.2) is 23.0 Å². The number of carbonyl (C=O) groups is 1. The summed E-state index contributed by atoms with van der Waals surface area (Å²) in [5.41, 5.74) is -1.30. The van der Waals surface area contributed by atoms with Gasteiger partial charge >= 0.3 is 12.1 Å². The zero-order valence-electron chi connectivity index (χ0n) is 10.6. The van der Waals surface area contributed by atoms with Crippen LogP contribution in [0.3, 0.4) is 0 Å². The standard InChI is InChI=1S/C11H5Cl2F3N2O2S2/c1-20-9(19)7-8(11(14,15)16)18-10(22-7)21-6-4(12)2-17-3-5(6)13/h2-3H,1H3. The molecule has 4 nitrogen and oxygen atoms in total. The van der Waals surface area contributed by atoms with Crippen molar-refractivity contribution in [1.82, 2.24) is 9.97 Å². The summed E-state index contributed by atoms with van der Waals surface area (Å²) in [5.74, 6) is -1.11. The number of thiazole rings is 1. The fourth-order valence-corrected chi connectivity index (χ4v) is 3.96. The lowest BCUT2D eigenvalue weighted by Crippen LogP contribution is -2.12. The van der Waals surface area contributed by atoms with Crippen LogP contribution in [0.4, 0.5) is 13.2 Å². The van der Waals surface area contributed by atoms with Crippen molar-refractivity contribution in [3.63, 3.8) is 0 Å². The van der Waals surface area contributed by atoms with Crippen molar-refractivity contribution in [2.45, 2.75) is 15.4 Å². The maximum atomic E-state index is 12.9. The molecule has 0 aromatic carbocycles. The average Bonchev–Trinajstić information content (AvgIpc) is 2.86. The highest BCUT2D eigenvalue weighted by molar-refractivity contribution is 8.01. The smallest absolute Gasteiger partial charge is 0.435 e. The highest BCUT2D eigenvalue weighted by Crippen LogP contribution is 2.43. The number of halogens is 5. The monoisotopic (exact) mass is 388 g/mol. The summed E-state index contributed by atoms with van der Waals surface area (Å²) in [6, 6.07) is 0. The Hall–Kier alpha value is -1.03. The van der Waals surface area contributed by atoms with Crippen LogP contribution < -0.4 is 0 Å². The molecule has 11 heteroatoms. The van der Waals surface area contributed by atoms with Crippen LogP contribution in [0.15, 0.2) is 21.6 Å². The number of hydrogen-bond donors (Lipinski definition) is 0. The number of methoxy groups -OCH3 is 1. The van der Waals surface area contributed by atoms with Crippen LogP contribution in [-0.2, 0) is 10.9 Å². The third kappa shape index (κ3) is 3.65. The van der Waals surface area contributed by atoms with E-state index in [1.807, 2.05) is 0 Å². The molecular weight excluding hydrogens is 384 g/mol. The van der Waals surface area contributed by atoms with Gasteiger partial charge in [0, 0.05) is 12.4 Å². The minimum absolute atomic E-state index is 0.0391. The molecule has 0 unspecified atom stereocenters. The predicted molar refractivity (Wildman–Crippen MR) is 76.8 cm³/mol. The molecule has 0 aliphatic heterocycles. The van der Waals surface area contributed by atoms with Crippen LogP contribution in [0.2, 0.25) is 10.0 Å². The van der Waals surface area contributed by atoms with Gasteiger partial charge in [-0.1, -0.05) is 46.3 Å². The molecule has 0 aliphatic carbocycles. The van der Waals surface area contributed by atoms with Crippen molar-refractivity contribution in [2.24, 2.45) is 0 Å². The number of carbonyl (C=O) groups excluding carboxylic acids is 1. The first kappa shape index (κ1) is 17.3. The molecule has 0 saturated heterocycles. The number of ether oxygens (including phenoxy) is 1. The molecule has 0 fully saturated rings.